The van der Waals surface area contributed by atoms with Gasteiger partial charge in [-0.2, -0.15) is 0 Å². The van der Waals surface area contributed by atoms with Gasteiger partial charge in [-0.3, -0.25) is 0 Å². The van der Waals surface area contributed by atoms with Crippen LogP contribution in [-0.2, 0) is 0 Å². The minimum Gasteiger partial charge on any atom is -0.359 e. The SMILES string of the molecule is C=C(NC(=C)C(C)(C)C)/C(C)=C\C. The summed E-state index contributed by atoms with van der Waals surface area (Å²) in [4.78, 5) is 0. The first-order valence-corrected chi connectivity index (χ1v) is 4.57. The summed E-state index contributed by atoms with van der Waals surface area (Å²) in [6.07, 6.45) is 2.03. The zero-order valence-corrected chi connectivity index (χ0v) is 9.49. The average molecular weight is 179 g/mol. The van der Waals surface area contributed by atoms with Crippen molar-refractivity contribution in [2.45, 2.75) is 34.6 Å². The fraction of sp³-hybridized carbons (Fsp3) is 0.500. The fourth-order valence-corrected chi connectivity index (χ4v) is 0.642. The van der Waals surface area contributed by atoms with Gasteiger partial charge in [0.25, 0.3) is 0 Å². The van der Waals surface area contributed by atoms with Gasteiger partial charge in [-0.1, -0.05) is 40.0 Å². The highest BCUT2D eigenvalue weighted by Gasteiger charge is 2.15. The van der Waals surface area contributed by atoms with Gasteiger partial charge < -0.3 is 5.32 Å². The topological polar surface area (TPSA) is 12.0 Å². The lowest BCUT2D eigenvalue weighted by Gasteiger charge is -2.24. The quantitative estimate of drug-likeness (QED) is 0.652. The Hall–Kier alpha value is -0.980. The highest BCUT2D eigenvalue weighted by molar-refractivity contribution is 5.27. The molecule has 0 bridgehead atoms. The Morgan fingerprint density at radius 3 is 2.00 bits per heavy atom. The summed E-state index contributed by atoms with van der Waals surface area (Å²) in [6.45, 7) is 18.3. The Morgan fingerprint density at radius 2 is 1.69 bits per heavy atom. The molecular weight excluding hydrogens is 158 g/mol. The monoisotopic (exact) mass is 179 g/mol. The van der Waals surface area contributed by atoms with Crippen LogP contribution in [0.1, 0.15) is 34.6 Å². The predicted molar refractivity (Wildman–Crippen MR) is 60.3 cm³/mol. The van der Waals surface area contributed by atoms with E-state index in [-0.39, 0.29) is 5.41 Å². The van der Waals surface area contributed by atoms with Crippen molar-refractivity contribution < 1.29 is 0 Å². The molecule has 13 heavy (non-hydrogen) atoms. The molecule has 0 aromatic carbocycles. The highest BCUT2D eigenvalue weighted by atomic mass is 14.9. The third-order valence-electron chi connectivity index (χ3n) is 2.12. The average Bonchev–Trinajstić information content (AvgIpc) is 2.01. The molecule has 1 N–H and O–H groups in total. The van der Waals surface area contributed by atoms with Crippen LogP contribution >= 0.6 is 0 Å². The van der Waals surface area contributed by atoms with Crippen LogP contribution in [0.15, 0.2) is 36.2 Å². The van der Waals surface area contributed by atoms with Gasteiger partial charge in [0.2, 0.25) is 0 Å². The fourth-order valence-electron chi connectivity index (χ4n) is 0.642. The van der Waals surface area contributed by atoms with Crippen molar-refractivity contribution in [1.29, 1.82) is 0 Å². The molecule has 0 heterocycles. The van der Waals surface area contributed by atoms with Crippen molar-refractivity contribution in [2.75, 3.05) is 0 Å². The van der Waals surface area contributed by atoms with E-state index < -0.39 is 0 Å². The summed E-state index contributed by atoms with van der Waals surface area (Å²) < 4.78 is 0. The van der Waals surface area contributed by atoms with Gasteiger partial charge in [-0.15, -0.1) is 0 Å². The van der Waals surface area contributed by atoms with Gasteiger partial charge in [-0.25, -0.2) is 0 Å². The van der Waals surface area contributed by atoms with Crippen LogP contribution in [0.5, 0.6) is 0 Å². The van der Waals surface area contributed by atoms with Crippen molar-refractivity contribution in [3.63, 3.8) is 0 Å². The van der Waals surface area contributed by atoms with E-state index in [2.05, 4.69) is 39.2 Å². The molecule has 0 aliphatic rings. The lowest BCUT2D eigenvalue weighted by atomic mass is 9.92. The maximum atomic E-state index is 3.98. The second-order valence-corrected chi connectivity index (χ2v) is 4.30. The van der Waals surface area contributed by atoms with Crippen LogP contribution in [-0.4, -0.2) is 0 Å². The zero-order valence-electron chi connectivity index (χ0n) is 9.49. The third-order valence-corrected chi connectivity index (χ3v) is 2.12. The molecule has 0 aliphatic carbocycles. The van der Waals surface area contributed by atoms with Crippen molar-refractivity contribution in [2.24, 2.45) is 5.41 Å². The summed E-state index contributed by atoms with van der Waals surface area (Å²) in [6, 6.07) is 0. The van der Waals surface area contributed by atoms with E-state index in [1.165, 1.54) is 0 Å². The van der Waals surface area contributed by atoms with E-state index in [0.717, 1.165) is 17.0 Å². The van der Waals surface area contributed by atoms with E-state index in [9.17, 15) is 0 Å². The second kappa shape index (κ2) is 4.31. The van der Waals surface area contributed by atoms with Crippen molar-refractivity contribution in [3.8, 4) is 0 Å². The molecule has 0 unspecified atom stereocenters. The number of allylic oxidation sites excluding steroid dienone is 3. The van der Waals surface area contributed by atoms with E-state index in [1.807, 2.05) is 19.9 Å². The van der Waals surface area contributed by atoms with Crippen LogP contribution in [0.2, 0.25) is 0 Å². The zero-order chi connectivity index (χ0) is 10.6. The van der Waals surface area contributed by atoms with Gasteiger partial charge in [0.15, 0.2) is 0 Å². The Labute approximate surface area is 82.2 Å². The van der Waals surface area contributed by atoms with Gasteiger partial charge in [0.05, 0.1) is 0 Å². The Bertz CT molecular complexity index is 238. The van der Waals surface area contributed by atoms with Crippen molar-refractivity contribution in [1.82, 2.24) is 5.32 Å². The number of hydrogen-bond donors (Lipinski definition) is 1. The lowest BCUT2D eigenvalue weighted by Crippen LogP contribution is -2.22. The van der Waals surface area contributed by atoms with Gasteiger partial charge in [0.1, 0.15) is 0 Å². The van der Waals surface area contributed by atoms with E-state index in [1.54, 1.807) is 0 Å². The molecule has 0 aromatic rings. The van der Waals surface area contributed by atoms with Gasteiger partial charge >= 0.3 is 0 Å². The summed E-state index contributed by atoms with van der Waals surface area (Å²) in [5.41, 5.74) is 3.17. The van der Waals surface area contributed by atoms with Gasteiger partial charge in [0, 0.05) is 16.8 Å². The third kappa shape index (κ3) is 3.97. The molecule has 0 saturated carbocycles. The van der Waals surface area contributed by atoms with Crippen LogP contribution in [0.25, 0.3) is 0 Å². The molecule has 0 amide bonds. The minimum absolute atomic E-state index is 0.0803. The van der Waals surface area contributed by atoms with Crippen LogP contribution < -0.4 is 5.32 Å². The first-order valence-electron chi connectivity index (χ1n) is 4.57. The molecular formula is C12H21N. The molecule has 1 nitrogen and oxygen atoms in total. The minimum atomic E-state index is 0.0803. The molecule has 0 saturated heterocycles. The standard InChI is InChI=1S/C12H21N/c1-8-9(2)10(3)13-11(4)12(5,6)7/h8,13H,3-4H2,1-2,5-7H3/b9-8-. The van der Waals surface area contributed by atoms with Gasteiger partial charge in [-0.05, 0) is 19.4 Å². The van der Waals surface area contributed by atoms with Crippen molar-refractivity contribution in [3.05, 3.63) is 36.2 Å². The molecule has 0 atom stereocenters. The molecule has 0 radical (unpaired) electrons. The largest absolute Gasteiger partial charge is 0.359 e. The van der Waals surface area contributed by atoms with E-state index in [0.29, 0.717) is 0 Å². The molecule has 1 heteroatoms. The predicted octanol–water partition coefficient (Wildman–Crippen LogP) is 3.62. The second-order valence-electron chi connectivity index (χ2n) is 4.30. The summed E-state index contributed by atoms with van der Waals surface area (Å²) in [5, 5.41) is 3.21. The van der Waals surface area contributed by atoms with Crippen LogP contribution in [0, 0.1) is 5.41 Å². The molecule has 0 rings (SSSR count). The van der Waals surface area contributed by atoms with Crippen LogP contribution in [0.3, 0.4) is 0 Å². The normalized spacial score (nSPS) is 12.5. The summed E-state index contributed by atoms with van der Waals surface area (Å²) in [5.74, 6) is 0. The number of nitrogens with one attached hydrogen (secondary N) is 1. The Balaban J connectivity index is 4.33. The molecule has 74 valence electrons. The molecule has 0 aromatic heterocycles. The number of rotatable bonds is 3. The van der Waals surface area contributed by atoms with Crippen molar-refractivity contribution >= 4 is 0 Å². The lowest BCUT2D eigenvalue weighted by molar-refractivity contribution is 0.477. The highest BCUT2D eigenvalue weighted by Crippen LogP contribution is 2.22. The Kier molecular flexibility index (Phi) is 3.99. The summed E-state index contributed by atoms with van der Waals surface area (Å²) >= 11 is 0. The maximum absolute atomic E-state index is 3.98. The van der Waals surface area contributed by atoms with Crippen LogP contribution in [0.4, 0.5) is 0 Å². The number of hydrogen-bond acceptors (Lipinski definition) is 1. The Morgan fingerprint density at radius 1 is 1.23 bits per heavy atom. The molecule has 0 aliphatic heterocycles. The first-order chi connectivity index (χ1) is 5.79. The first kappa shape index (κ1) is 12.0. The summed E-state index contributed by atoms with van der Waals surface area (Å²) in [7, 11) is 0. The smallest absolute Gasteiger partial charge is 0.0335 e. The van der Waals surface area contributed by atoms with E-state index in [4.69, 9.17) is 0 Å². The molecule has 0 spiro atoms. The van der Waals surface area contributed by atoms with E-state index >= 15 is 0 Å². The maximum Gasteiger partial charge on any atom is 0.0335 e. The molecule has 0 fully saturated rings.